The summed E-state index contributed by atoms with van der Waals surface area (Å²) in [5.74, 6) is 0.118. The van der Waals surface area contributed by atoms with Crippen LogP contribution >= 0.6 is 0 Å². The Labute approximate surface area is 73.0 Å². The Hall–Kier alpha value is -0.860. The van der Waals surface area contributed by atoms with E-state index in [1.165, 1.54) is 0 Å². The Morgan fingerprint density at radius 3 is 2.42 bits per heavy atom. The maximum atomic E-state index is 9.71. The van der Waals surface area contributed by atoms with Crippen molar-refractivity contribution in [1.82, 2.24) is 0 Å². The number of nitrogens with two attached hydrogens (primary N) is 1. The number of hydrogen-bond acceptors (Lipinski definition) is 2. The average Bonchev–Trinajstić information content (AvgIpc) is 2.17. The topological polar surface area (TPSA) is 46.2 Å². The molecule has 0 radical (unpaired) electrons. The molecule has 0 spiro atoms. The summed E-state index contributed by atoms with van der Waals surface area (Å²) in [6, 6.07) is 9.60. The van der Waals surface area contributed by atoms with Gasteiger partial charge in [-0.1, -0.05) is 37.3 Å². The summed E-state index contributed by atoms with van der Waals surface area (Å²) < 4.78 is 0. The highest BCUT2D eigenvalue weighted by molar-refractivity contribution is 5.17. The minimum absolute atomic E-state index is 0.118. The molecule has 12 heavy (non-hydrogen) atoms. The summed E-state index contributed by atoms with van der Waals surface area (Å²) in [6.45, 7) is 2.45. The number of aliphatic hydroxyl groups is 1. The van der Waals surface area contributed by atoms with Gasteiger partial charge in [0.05, 0.1) is 6.10 Å². The second-order valence-corrected chi connectivity index (χ2v) is 3.07. The van der Waals surface area contributed by atoms with Crippen molar-refractivity contribution >= 4 is 0 Å². The minimum Gasteiger partial charge on any atom is -0.388 e. The van der Waals surface area contributed by atoms with Crippen LogP contribution in [0.2, 0.25) is 0 Å². The summed E-state index contributed by atoms with van der Waals surface area (Å²) in [6.07, 6.45) is -0.434. The predicted octanol–water partition coefficient (Wildman–Crippen LogP) is 1.31. The number of benzene rings is 1. The highest BCUT2D eigenvalue weighted by Crippen LogP contribution is 2.19. The molecule has 1 rings (SSSR count). The fourth-order valence-corrected chi connectivity index (χ4v) is 1.11. The van der Waals surface area contributed by atoms with Gasteiger partial charge in [-0.15, -0.1) is 0 Å². The molecular weight excluding hydrogens is 150 g/mol. The molecule has 0 aliphatic heterocycles. The second-order valence-electron chi connectivity index (χ2n) is 3.07. The van der Waals surface area contributed by atoms with Crippen LogP contribution in [0.15, 0.2) is 30.3 Å². The van der Waals surface area contributed by atoms with Crippen LogP contribution in [0.1, 0.15) is 18.6 Å². The van der Waals surface area contributed by atoms with Crippen LogP contribution in [0.3, 0.4) is 0 Å². The SMILES string of the molecule is C[C@@H](CN)[C@H](O)c1ccccc1. The van der Waals surface area contributed by atoms with Gasteiger partial charge in [0.1, 0.15) is 0 Å². The van der Waals surface area contributed by atoms with Gasteiger partial charge < -0.3 is 10.8 Å². The fraction of sp³-hybridized carbons (Fsp3) is 0.400. The highest BCUT2D eigenvalue weighted by Gasteiger charge is 2.13. The molecule has 0 fully saturated rings. The van der Waals surface area contributed by atoms with Gasteiger partial charge in [0.15, 0.2) is 0 Å². The van der Waals surface area contributed by atoms with Gasteiger partial charge in [-0.3, -0.25) is 0 Å². The van der Waals surface area contributed by atoms with Crippen molar-refractivity contribution in [2.24, 2.45) is 11.7 Å². The number of rotatable bonds is 3. The third-order valence-electron chi connectivity index (χ3n) is 2.05. The lowest BCUT2D eigenvalue weighted by atomic mass is 9.98. The molecule has 0 saturated heterocycles. The Kier molecular flexibility index (Phi) is 3.26. The van der Waals surface area contributed by atoms with E-state index in [2.05, 4.69) is 0 Å². The quantitative estimate of drug-likeness (QED) is 0.709. The van der Waals surface area contributed by atoms with Gasteiger partial charge in [0.2, 0.25) is 0 Å². The molecule has 0 saturated carbocycles. The first-order chi connectivity index (χ1) is 5.75. The largest absolute Gasteiger partial charge is 0.388 e. The van der Waals surface area contributed by atoms with Crippen molar-refractivity contribution in [3.05, 3.63) is 35.9 Å². The molecule has 0 aromatic heterocycles. The zero-order valence-electron chi connectivity index (χ0n) is 7.27. The summed E-state index contributed by atoms with van der Waals surface area (Å²) in [4.78, 5) is 0. The van der Waals surface area contributed by atoms with E-state index in [4.69, 9.17) is 5.73 Å². The van der Waals surface area contributed by atoms with Crippen LogP contribution < -0.4 is 5.73 Å². The van der Waals surface area contributed by atoms with Crippen molar-refractivity contribution in [1.29, 1.82) is 0 Å². The van der Waals surface area contributed by atoms with Gasteiger partial charge in [0, 0.05) is 0 Å². The molecule has 3 N–H and O–H groups in total. The summed E-state index contributed by atoms with van der Waals surface area (Å²) in [7, 11) is 0. The van der Waals surface area contributed by atoms with Crippen molar-refractivity contribution in [3.63, 3.8) is 0 Å². The molecule has 0 aliphatic carbocycles. The van der Waals surface area contributed by atoms with Crippen LogP contribution in [-0.4, -0.2) is 11.7 Å². The molecular formula is C10H15NO. The molecule has 1 aromatic carbocycles. The van der Waals surface area contributed by atoms with E-state index in [9.17, 15) is 5.11 Å². The lowest BCUT2D eigenvalue weighted by molar-refractivity contribution is 0.122. The van der Waals surface area contributed by atoms with Gasteiger partial charge >= 0.3 is 0 Å². The summed E-state index contributed by atoms with van der Waals surface area (Å²) in [5.41, 5.74) is 6.39. The van der Waals surface area contributed by atoms with E-state index in [1.54, 1.807) is 0 Å². The Morgan fingerprint density at radius 2 is 1.92 bits per heavy atom. The minimum atomic E-state index is -0.434. The molecule has 2 heteroatoms. The van der Waals surface area contributed by atoms with E-state index in [-0.39, 0.29) is 5.92 Å². The van der Waals surface area contributed by atoms with Crippen molar-refractivity contribution < 1.29 is 5.11 Å². The molecule has 0 heterocycles. The Balaban J connectivity index is 2.71. The molecule has 0 bridgehead atoms. The van der Waals surface area contributed by atoms with E-state index < -0.39 is 6.10 Å². The molecule has 2 nitrogen and oxygen atoms in total. The number of hydrogen-bond donors (Lipinski definition) is 2. The van der Waals surface area contributed by atoms with Gasteiger partial charge in [-0.05, 0) is 18.0 Å². The molecule has 66 valence electrons. The second kappa shape index (κ2) is 4.24. The van der Waals surface area contributed by atoms with Gasteiger partial charge in [-0.2, -0.15) is 0 Å². The number of aliphatic hydroxyl groups excluding tert-OH is 1. The van der Waals surface area contributed by atoms with Crippen LogP contribution in [0.5, 0.6) is 0 Å². The third-order valence-corrected chi connectivity index (χ3v) is 2.05. The third kappa shape index (κ3) is 2.06. The normalized spacial score (nSPS) is 15.6. The van der Waals surface area contributed by atoms with E-state index in [0.29, 0.717) is 6.54 Å². The average molecular weight is 165 g/mol. The van der Waals surface area contributed by atoms with E-state index in [1.807, 2.05) is 37.3 Å². The molecule has 0 unspecified atom stereocenters. The van der Waals surface area contributed by atoms with Crippen LogP contribution in [0.4, 0.5) is 0 Å². The van der Waals surface area contributed by atoms with E-state index in [0.717, 1.165) is 5.56 Å². The predicted molar refractivity (Wildman–Crippen MR) is 49.6 cm³/mol. The monoisotopic (exact) mass is 165 g/mol. The summed E-state index contributed by atoms with van der Waals surface area (Å²) >= 11 is 0. The Morgan fingerprint density at radius 1 is 1.33 bits per heavy atom. The zero-order chi connectivity index (χ0) is 8.97. The first kappa shape index (κ1) is 9.23. The van der Waals surface area contributed by atoms with Crippen molar-refractivity contribution in [2.75, 3.05) is 6.54 Å². The molecule has 0 aliphatic rings. The standard InChI is InChI=1S/C10H15NO/c1-8(7-11)10(12)9-5-3-2-4-6-9/h2-6,8,10,12H,7,11H2,1H3/t8-,10-/m0/s1. The smallest absolute Gasteiger partial charge is 0.0827 e. The highest BCUT2D eigenvalue weighted by atomic mass is 16.3. The molecule has 0 amide bonds. The first-order valence-corrected chi connectivity index (χ1v) is 4.18. The van der Waals surface area contributed by atoms with Crippen molar-refractivity contribution in [3.8, 4) is 0 Å². The van der Waals surface area contributed by atoms with Crippen LogP contribution in [-0.2, 0) is 0 Å². The lowest BCUT2D eigenvalue weighted by Crippen LogP contribution is -2.18. The van der Waals surface area contributed by atoms with Crippen LogP contribution in [0.25, 0.3) is 0 Å². The van der Waals surface area contributed by atoms with Crippen molar-refractivity contribution in [2.45, 2.75) is 13.0 Å². The van der Waals surface area contributed by atoms with Crippen LogP contribution in [0, 0.1) is 5.92 Å². The maximum absolute atomic E-state index is 9.71. The maximum Gasteiger partial charge on any atom is 0.0827 e. The zero-order valence-corrected chi connectivity index (χ0v) is 7.27. The first-order valence-electron chi connectivity index (χ1n) is 4.18. The van der Waals surface area contributed by atoms with Gasteiger partial charge in [-0.25, -0.2) is 0 Å². The fourth-order valence-electron chi connectivity index (χ4n) is 1.11. The molecule has 2 atom stereocenters. The lowest BCUT2D eigenvalue weighted by Gasteiger charge is -2.16. The van der Waals surface area contributed by atoms with E-state index >= 15 is 0 Å². The summed E-state index contributed by atoms with van der Waals surface area (Å²) in [5, 5.41) is 9.71. The van der Waals surface area contributed by atoms with Gasteiger partial charge in [0.25, 0.3) is 0 Å². The Bertz CT molecular complexity index is 223. The molecule has 1 aromatic rings.